The Balaban J connectivity index is 1.89. The Labute approximate surface area is 126 Å². The summed E-state index contributed by atoms with van der Waals surface area (Å²) < 4.78 is 20.9. The van der Waals surface area contributed by atoms with E-state index in [0.29, 0.717) is 45.4 Å². The van der Waals surface area contributed by atoms with Crippen LogP contribution in [-0.4, -0.2) is 40.3 Å². The van der Waals surface area contributed by atoms with Crippen LogP contribution < -0.4 is 0 Å². The Morgan fingerprint density at radius 2 is 1.57 bits per heavy atom. The summed E-state index contributed by atoms with van der Waals surface area (Å²) in [6.07, 6.45) is 1.90. The van der Waals surface area contributed by atoms with E-state index in [1.165, 1.54) is 0 Å². The summed E-state index contributed by atoms with van der Waals surface area (Å²) >= 11 is 0. The van der Waals surface area contributed by atoms with Gasteiger partial charge in [-0.25, -0.2) is 0 Å². The van der Waals surface area contributed by atoms with Crippen molar-refractivity contribution in [2.24, 2.45) is 0 Å². The molecular formula is C16H23NO4. The Morgan fingerprint density at radius 1 is 0.905 bits per heavy atom. The highest BCUT2D eigenvalue weighted by Gasteiger charge is 1.95. The van der Waals surface area contributed by atoms with Crippen LogP contribution in [0.2, 0.25) is 0 Å². The van der Waals surface area contributed by atoms with E-state index >= 15 is 0 Å². The van der Waals surface area contributed by atoms with E-state index in [9.17, 15) is 0 Å². The molecule has 5 nitrogen and oxygen atoms in total. The molecule has 0 heterocycles. The lowest BCUT2D eigenvalue weighted by molar-refractivity contribution is -0.0671. The fourth-order valence-electron chi connectivity index (χ4n) is 1.59. The van der Waals surface area contributed by atoms with Crippen LogP contribution >= 0.6 is 0 Å². The van der Waals surface area contributed by atoms with Crippen molar-refractivity contribution in [3.05, 3.63) is 35.4 Å². The van der Waals surface area contributed by atoms with E-state index in [0.717, 1.165) is 18.4 Å². The first kappa shape index (κ1) is 17.6. The number of methoxy groups -OCH3 is 1. The number of hydrogen-bond donors (Lipinski definition) is 0. The van der Waals surface area contributed by atoms with Gasteiger partial charge in [-0.3, -0.25) is 0 Å². The van der Waals surface area contributed by atoms with Gasteiger partial charge in [0, 0.05) is 20.3 Å². The molecule has 0 unspecified atom stereocenters. The van der Waals surface area contributed by atoms with Crippen LogP contribution in [0.25, 0.3) is 0 Å². The predicted octanol–water partition coefficient (Wildman–Crippen LogP) is 2.49. The normalized spacial score (nSPS) is 10.5. The average molecular weight is 293 g/mol. The lowest BCUT2D eigenvalue weighted by Crippen LogP contribution is -2.07. The highest BCUT2D eigenvalue weighted by atomic mass is 16.7. The molecule has 0 bridgehead atoms. The largest absolute Gasteiger partial charge is 0.382 e. The van der Waals surface area contributed by atoms with Crippen molar-refractivity contribution >= 4 is 0 Å². The maximum atomic E-state index is 8.70. The first-order valence-electron chi connectivity index (χ1n) is 7.08. The predicted molar refractivity (Wildman–Crippen MR) is 78.7 cm³/mol. The van der Waals surface area contributed by atoms with Crippen LogP contribution in [0.5, 0.6) is 0 Å². The topological polar surface area (TPSA) is 60.7 Å². The number of nitrogens with zero attached hydrogens (tertiary/aromatic N) is 1. The SMILES string of the molecule is COCCOCOCCCCOCc1ccc(C#N)cc1. The summed E-state index contributed by atoms with van der Waals surface area (Å²) in [6, 6.07) is 9.53. The quantitative estimate of drug-likeness (QED) is 0.438. The van der Waals surface area contributed by atoms with Crippen LogP contribution in [0, 0.1) is 11.3 Å². The van der Waals surface area contributed by atoms with E-state index in [4.69, 9.17) is 24.2 Å². The molecule has 0 saturated heterocycles. The smallest absolute Gasteiger partial charge is 0.146 e. The second-order valence-corrected chi connectivity index (χ2v) is 4.50. The number of unbranched alkanes of at least 4 members (excludes halogenated alkanes) is 1. The van der Waals surface area contributed by atoms with Crippen LogP contribution in [0.3, 0.4) is 0 Å². The van der Waals surface area contributed by atoms with Gasteiger partial charge in [0.25, 0.3) is 0 Å². The van der Waals surface area contributed by atoms with Gasteiger partial charge in [0.05, 0.1) is 31.5 Å². The Morgan fingerprint density at radius 3 is 2.24 bits per heavy atom. The van der Waals surface area contributed by atoms with Crippen LogP contribution in [0.4, 0.5) is 0 Å². The van der Waals surface area contributed by atoms with Gasteiger partial charge in [0.2, 0.25) is 0 Å². The zero-order valence-electron chi connectivity index (χ0n) is 12.5. The van der Waals surface area contributed by atoms with Gasteiger partial charge in [0.15, 0.2) is 0 Å². The zero-order valence-corrected chi connectivity index (χ0v) is 12.5. The van der Waals surface area contributed by atoms with E-state index < -0.39 is 0 Å². The molecule has 0 aliphatic rings. The lowest BCUT2D eigenvalue weighted by atomic mass is 10.2. The third-order valence-corrected chi connectivity index (χ3v) is 2.78. The third-order valence-electron chi connectivity index (χ3n) is 2.78. The Kier molecular flexibility index (Phi) is 10.3. The second kappa shape index (κ2) is 12.3. The van der Waals surface area contributed by atoms with Crippen LogP contribution in [0.15, 0.2) is 24.3 Å². The van der Waals surface area contributed by atoms with Gasteiger partial charge < -0.3 is 18.9 Å². The molecule has 1 aromatic rings. The minimum absolute atomic E-state index is 0.315. The van der Waals surface area contributed by atoms with E-state index in [1.807, 2.05) is 12.1 Å². The molecule has 116 valence electrons. The number of rotatable bonds is 12. The molecule has 0 aliphatic carbocycles. The molecule has 1 aromatic carbocycles. The maximum absolute atomic E-state index is 8.70. The van der Waals surface area contributed by atoms with Crippen molar-refractivity contribution in [3.63, 3.8) is 0 Å². The first-order chi connectivity index (χ1) is 10.4. The van der Waals surface area contributed by atoms with E-state index in [2.05, 4.69) is 6.07 Å². The van der Waals surface area contributed by atoms with Crippen molar-refractivity contribution in [2.45, 2.75) is 19.4 Å². The molecule has 0 amide bonds. The number of ether oxygens (including phenoxy) is 4. The van der Waals surface area contributed by atoms with Crippen molar-refractivity contribution < 1.29 is 18.9 Å². The van der Waals surface area contributed by atoms with Crippen molar-refractivity contribution in [1.29, 1.82) is 5.26 Å². The van der Waals surface area contributed by atoms with Crippen molar-refractivity contribution in [1.82, 2.24) is 0 Å². The lowest BCUT2D eigenvalue weighted by Gasteiger charge is -2.06. The zero-order chi connectivity index (χ0) is 15.2. The van der Waals surface area contributed by atoms with E-state index in [1.54, 1.807) is 19.2 Å². The number of hydrogen-bond acceptors (Lipinski definition) is 5. The molecule has 0 saturated carbocycles. The van der Waals surface area contributed by atoms with Gasteiger partial charge in [-0.05, 0) is 30.5 Å². The second-order valence-electron chi connectivity index (χ2n) is 4.50. The van der Waals surface area contributed by atoms with Gasteiger partial charge in [0.1, 0.15) is 6.79 Å². The Bertz CT molecular complexity index is 400. The molecule has 0 N–H and O–H groups in total. The first-order valence-corrected chi connectivity index (χ1v) is 7.08. The standard InChI is InChI=1S/C16H23NO4/c1-18-10-11-21-14-20-9-3-2-8-19-13-16-6-4-15(12-17)5-7-16/h4-7H,2-3,8-11,13-14H2,1H3. The molecule has 0 aliphatic heterocycles. The molecule has 0 fully saturated rings. The minimum Gasteiger partial charge on any atom is -0.382 e. The highest BCUT2D eigenvalue weighted by Crippen LogP contribution is 2.05. The van der Waals surface area contributed by atoms with E-state index in [-0.39, 0.29) is 0 Å². The Hall–Kier alpha value is -1.45. The summed E-state index contributed by atoms with van der Waals surface area (Å²) in [6.45, 7) is 3.42. The van der Waals surface area contributed by atoms with Gasteiger partial charge in [-0.2, -0.15) is 5.26 Å². The molecule has 21 heavy (non-hydrogen) atoms. The monoisotopic (exact) mass is 293 g/mol. The summed E-state index contributed by atoms with van der Waals surface area (Å²) in [5.74, 6) is 0. The molecule has 0 spiro atoms. The van der Waals surface area contributed by atoms with Crippen molar-refractivity contribution in [2.75, 3.05) is 40.3 Å². The molecule has 0 atom stereocenters. The average Bonchev–Trinajstić information content (AvgIpc) is 2.53. The summed E-state index contributed by atoms with van der Waals surface area (Å²) in [5, 5.41) is 8.70. The highest BCUT2D eigenvalue weighted by molar-refractivity contribution is 5.31. The van der Waals surface area contributed by atoms with Gasteiger partial charge >= 0.3 is 0 Å². The van der Waals surface area contributed by atoms with Crippen molar-refractivity contribution in [3.8, 4) is 6.07 Å². The fourth-order valence-corrected chi connectivity index (χ4v) is 1.59. The summed E-state index contributed by atoms with van der Waals surface area (Å²) in [4.78, 5) is 0. The van der Waals surface area contributed by atoms with Gasteiger partial charge in [-0.1, -0.05) is 12.1 Å². The molecule has 0 radical (unpaired) electrons. The van der Waals surface area contributed by atoms with Gasteiger partial charge in [-0.15, -0.1) is 0 Å². The third kappa shape index (κ3) is 9.16. The van der Waals surface area contributed by atoms with Crippen LogP contribution in [-0.2, 0) is 25.6 Å². The molecule has 5 heteroatoms. The minimum atomic E-state index is 0.315. The van der Waals surface area contributed by atoms with Crippen LogP contribution in [0.1, 0.15) is 24.0 Å². The maximum Gasteiger partial charge on any atom is 0.146 e. The molecule has 0 aromatic heterocycles. The number of nitriles is 1. The number of benzene rings is 1. The molecular weight excluding hydrogens is 270 g/mol. The summed E-state index contributed by atoms with van der Waals surface area (Å²) in [5.41, 5.74) is 1.75. The summed E-state index contributed by atoms with van der Waals surface area (Å²) in [7, 11) is 1.64. The molecule has 1 rings (SSSR count). The fraction of sp³-hybridized carbons (Fsp3) is 0.562.